The van der Waals surface area contributed by atoms with Gasteiger partial charge in [-0.25, -0.2) is 9.18 Å². The molecule has 28 heavy (non-hydrogen) atoms. The number of amides is 3. The van der Waals surface area contributed by atoms with Gasteiger partial charge in [0.25, 0.3) is 0 Å². The van der Waals surface area contributed by atoms with Crippen molar-refractivity contribution < 1.29 is 14.0 Å². The average Bonchev–Trinajstić information content (AvgIpc) is 2.72. The highest BCUT2D eigenvalue weighted by Crippen LogP contribution is 2.17. The van der Waals surface area contributed by atoms with E-state index < -0.39 is 12.1 Å². The summed E-state index contributed by atoms with van der Waals surface area (Å²) in [5, 5.41) is 5.08. The predicted molar refractivity (Wildman–Crippen MR) is 104 cm³/mol. The van der Waals surface area contributed by atoms with Crippen LogP contribution in [0.2, 0.25) is 0 Å². The maximum atomic E-state index is 13.3. The number of carbonyl (C=O) groups is 2. The summed E-state index contributed by atoms with van der Waals surface area (Å²) in [6.45, 7) is 4.72. The second-order valence-electron chi connectivity index (χ2n) is 6.72. The van der Waals surface area contributed by atoms with Gasteiger partial charge in [0.15, 0.2) is 0 Å². The minimum absolute atomic E-state index is 0.341. The van der Waals surface area contributed by atoms with Gasteiger partial charge in [0, 0.05) is 38.8 Å². The van der Waals surface area contributed by atoms with Gasteiger partial charge < -0.3 is 10.2 Å². The molecule has 1 aliphatic heterocycles. The maximum Gasteiger partial charge on any atom is 0.321 e. The Hall–Kier alpha value is -3.00. The number of nitrogens with one attached hydrogen (secondary N) is 2. The molecule has 3 rings (SSSR count). The lowest BCUT2D eigenvalue weighted by Crippen LogP contribution is -2.55. The number of carbonyl (C=O) groups excluding carboxylic acids is 2. The molecule has 0 radical (unpaired) electrons. The van der Waals surface area contributed by atoms with Crippen LogP contribution in [0.15, 0.2) is 48.8 Å². The zero-order valence-electron chi connectivity index (χ0n) is 15.8. The molecule has 2 N–H and O–H groups in total. The number of hydrogen-bond acceptors (Lipinski definition) is 5. The summed E-state index contributed by atoms with van der Waals surface area (Å²) >= 11 is 0. The molecule has 8 heteroatoms. The van der Waals surface area contributed by atoms with Crippen LogP contribution >= 0.6 is 0 Å². The van der Waals surface area contributed by atoms with Crippen molar-refractivity contribution >= 4 is 17.6 Å². The van der Waals surface area contributed by atoms with E-state index in [0.29, 0.717) is 32.7 Å². The Bertz CT molecular complexity index is 809. The third kappa shape index (κ3) is 5.26. The smallest absolute Gasteiger partial charge is 0.321 e. The number of anilines is 1. The third-order valence-corrected chi connectivity index (χ3v) is 4.83. The summed E-state index contributed by atoms with van der Waals surface area (Å²) in [5.74, 6) is -0.708. The van der Waals surface area contributed by atoms with Crippen LogP contribution in [0.3, 0.4) is 0 Å². The Kier molecular flexibility index (Phi) is 6.54. The largest absolute Gasteiger partial charge is 0.368 e. The summed E-state index contributed by atoms with van der Waals surface area (Å²) < 4.78 is 13.3. The first kappa shape index (κ1) is 19.8. The molecule has 2 aromatic rings. The first-order valence-electron chi connectivity index (χ1n) is 9.25. The van der Waals surface area contributed by atoms with Gasteiger partial charge in [0.05, 0.1) is 24.1 Å². The number of imide groups is 1. The van der Waals surface area contributed by atoms with Gasteiger partial charge in [-0.05, 0) is 12.5 Å². The molecule has 1 aromatic carbocycles. The summed E-state index contributed by atoms with van der Waals surface area (Å²) in [6.07, 6.45) is 2.81. The molecule has 1 unspecified atom stereocenters. The first-order valence-corrected chi connectivity index (χ1v) is 9.25. The maximum absolute atomic E-state index is 13.3. The number of halogens is 1. The standard InChI is InChI=1S/C20H24FN5O2/c1-15(19(27)24-20(28)23-12-16-5-3-2-4-6-16)25-7-9-26(10-8-25)18-11-17(21)13-22-14-18/h2-6,11,13-15H,7-10,12H2,1H3,(H2,23,24,27,28). The number of benzene rings is 1. The van der Waals surface area contributed by atoms with Gasteiger partial charge in [0.1, 0.15) is 5.82 Å². The third-order valence-electron chi connectivity index (χ3n) is 4.83. The molecule has 1 atom stereocenters. The SMILES string of the molecule is CC(C(=O)NC(=O)NCc1ccccc1)N1CCN(c2cncc(F)c2)CC1. The van der Waals surface area contributed by atoms with Crippen molar-refractivity contribution in [2.24, 2.45) is 0 Å². The van der Waals surface area contributed by atoms with Gasteiger partial charge in [-0.3, -0.25) is 20.0 Å². The zero-order chi connectivity index (χ0) is 19.9. The monoisotopic (exact) mass is 385 g/mol. The van der Waals surface area contributed by atoms with Crippen molar-refractivity contribution in [3.05, 3.63) is 60.2 Å². The molecule has 0 aliphatic carbocycles. The van der Waals surface area contributed by atoms with Crippen LogP contribution in [0.5, 0.6) is 0 Å². The van der Waals surface area contributed by atoms with Crippen molar-refractivity contribution in [1.82, 2.24) is 20.5 Å². The lowest BCUT2D eigenvalue weighted by atomic mass is 10.2. The molecule has 7 nitrogen and oxygen atoms in total. The highest BCUT2D eigenvalue weighted by atomic mass is 19.1. The van der Waals surface area contributed by atoms with Crippen molar-refractivity contribution in [3.63, 3.8) is 0 Å². The fourth-order valence-electron chi connectivity index (χ4n) is 3.15. The lowest BCUT2D eigenvalue weighted by Gasteiger charge is -2.38. The van der Waals surface area contributed by atoms with Crippen LogP contribution in [0.4, 0.5) is 14.9 Å². The van der Waals surface area contributed by atoms with E-state index in [1.807, 2.05) is 40.1 Å². The molecule has 1 fully saturated rings. The quantitative estimate of drug-likeness (QED) is 0.820. The fourth-order valence-corrected chi connectivity index (χ4v) is 3.15. The second-order valence-corrected chi connectivity index (χ2v) is 6.72. The Balaban J connectivity index is 1.44. The highest BCUT2D eigenvalue weighted by molar-refractivity contribution is 5.96. The predicted octanol–water partition coefficient (Wildman–Crippen LogP) is 1.76. The van der Waals surface area contributed by atoms with Crippen LogP contribution in [0.1, 0.15) is 12.5 Å². The van der Waals surface area contributed by atoms with Crippen LogP contribution in [0.25, 0.3) is 0 Å². The van der Waals surface area contributed by atoms with Crippen molar-refractivity contribution in [2.75, 3.05) is 31.1 Å². The molecule has 1 aliphatic rings. The average molecular weight is 385 g/mol. The summed E-state index contributed by atoms with van der Waals surface area (Å²) in [6, 6.07) is 10.00. The lowest BCUT2D eigenvalue weighted by molar-refractivity contribution is -0.124. The number of hydrogen-bond donors (Lipinski definition) is 2. The number of aromatic nitrogens is 1. The molecule has 0 bridgehead atoms. The summed E-state index contributed by atoms with van der Waals surface area (Å²) in [5.41, 5.74) is 1.69. The molecule has 0 spiro atoms. The van der Waals surface area contributed by atoms with E-state index in [9.17, 15) is 14.0 Å². The van der Waals surface area contributed by atoms with Crippen molar-refractivity contribution in [2.45, 2.75) is 19.5 Å². The Morgan fingerprint density at radius 2 is 1.86 bits per heavy atom. The Labute approximate surface area is 163 Å². The normalized spacial score (nSPS) is 15.7. The molecule has 1 saturated heterocycles. The van der Waals surface area contributed by atoms with E-state index in [4.69, 9.17) is 0 Å². The van der Waals surface area contributed by atoms with Crippen LogP contribution < -0.4 is 15.5 Å². The topological polar surface area (TPSA) is 77.6 Å². The number of nitrogens with zero attached hydrogens (tertiary/aromatic N) is 3. The zero-order valence-corrected chi connectivity index (χ0v) is 15.8. The summed E-state index contributed by atoms with van der Waals surface area (Å²) in [7, 11) is 0. The molecular weight excluding hydrogens is 361 g/mol. The molecule has 3 amide bonds. The van der Waals surface area contributed by atoms with E-state index in [0.717, 1.165) is 11.3 Å². The second kappa shape index (κ2) is 9.27. The molecule has 2 heterocycles. The Morgan fingerprint density at radius 3 is 2.54 bits per heavy atom. The van der Waals surface area contributed by atoms with Gasteiger partial charge in [-0.1, -0.05) is 30.3 Å². The van der Waals surface area contributed by atoms with Crippen LogP contribution in [-0.4, -0.2) is 54.0 Å². The molecular formula is C20H24FN5O2. The van der Waals surface area contributed by atoms with Gasteiger partial charge in [-0.2, -0.15) is 0 Å². The number of urea groups is 1. The first-order chi connectivity index (χ1) is 13.5. The Morgan fingerprint density at radius 1 is 1.14 bits per heavy atom. The van der Waals surface area contributed by atoms with E-state index in [1.54, 1.807) is 13.1 Å². The summed E-state index contributed by atoms with van der Waals surface area (Å²) in [4.78, 5) is 32.3. The van der Waals surface area contributed by atoms with Gasteiger partial charge in [-0.15, -0.1) is 0 Å². The number of piperazine rings is 1. The van der Waals surface area contributed by atoms with E-state index >= 15 is 0 Å². The van der Waals surface area contributed by atoms with Gasteiger partial charge in [0.2, 0.25) is 5.91 Å². The number of rotatable bonds is 5. The highest BCUT2D eigenvalue weighted by Gasteiger charge is 2.26. The molecule has 1 aromatic heterocycles. The van der Waals surface area contributed by atoms with Crippen molar-refractivity contribution in [3.8, 4) is 0 Å². The van der Waals surface area contributed by atoms with E-state index in [-0.39, 0.29) is 11.7 Å². The van der Waals surface area contributed by atoms with Crippen molar-refractivity contribution in [1.29, 1.82) is 0 Å². The van der Waals surface area contributed by atoms with E-state index in [2.05, 4.69) is 15.6 Å². The minimum Gasteiger partial charge on any atom is -0.368 e. The van der Waals surface area contributed by atoms with Gasteiger partial charge >= 0.3 is 6.03 Å². The number of pyridine rings is 1. The molecule has 0 saturated carbocycles. The molecule has 148 valence electrons. The van der Waals surface area contributed by atoms with Crippen LogP contribution in [-0.2, 0) is 11.3 Å². The minimum atomic E-state index is -0.509. The fraction of sp³-hybridized carbons (Fsp3) is 0.350. The van der Waals surface area contributed by atoms with E-state index in [1.165, 1.54) is 12.3 Å². The van der Waals surface area contributed by atoms with Crippen LogP contribution in [0, 0.1) is 5.82 Å².